The highest BCUT2D eigenvalue weighted by molar-refractivity contribution is 5.82. The molecule has 2 nitrogen and oxygen atoms in total. The minimum Gasteiger partial charge on any atom is -0.492 e. The molecule has 4 aliphatic rings. The molecule has 38 heavy (non-hydrogen) atoms. The highest BCUT2D eigenvalue weighted by Crippen LogP contribution is 2.49. The van der Waals surface area contributed by atoms with E-state index in [-0.39, 0.29) is 0 Å². The standard InChI is InChI=1S/C36H34O2/c1-21-10-13-31(36-26(21)15-16-38-36)35-27-7-3-5-23(27)11-14-28(35)25-17-24-6-4-8-29(32(24)18-25)30-12-9-22(2)33-19-37-20-34(30)33/h4,6,8-14,25H,3,5,7,15-20H2,1-2H3. The topological polar surface area (TPSA) is 18.5 Å². The van der Waals surface area contributed by atoms with Gasteiger partial charge in [-0.15, -0.1) is 0 Å². The molecular weight excluding hydrogens is 464 g/mol. The molecule has 190 valence electrons. The van der Waals surface area contributed by atoms with E-state index < -0.39 is 0 Å². The van der Waals surface area contributed by atoms with Gasteiger partial charge in [0, 0.05) is 17.5 Å². The van der Waals surface area contributed by atoms with Crippen molar-refractivity contribution in [1.29, 1.82) is 0 Å². The first kappa shape index (κ1) is 22.6. The summed E-state index contributed by atoms with van der Waals surface area (Å²) in [6, 6.07) is 21.2. The zero-order valence-electron chi connectivity index (χ0n) is 22.5. The fraction of sp³-hybridized carbons (Fsp3) is 0.333. The van der Waals surface area contributed by atoms with Gasteiger partial charge in [0.25, 0.3) is 0 Å². The molecule has 2 heterocycles. The molecule has 0 fully saturated rings. The summed E-state index contributed by atoms with van der Waals surface area (Å²) >= 11 is 0. The lowest BCUT2D eigenvalue weighted by Gasteiger charge is -2.22. The van der Waals surface area contributed by atoms with E-state index in [1.807, 2.05) is 0 Å². The number of aryl methyl sites for hydroxylation is 3. The fourth-order valence-electron chi connectivity index (χ4n) is 7.80. The predicted molar refractivity (Wildman–Crippen MR) is 153 cm³/mol. The van der Waals surface area contributed by atoms with Crippen molar-refractivity contribution in [3.63, 3.8) is 0 Å². The smallest absolute Gasteiger partial charge is 0.130 e. The zero-order chi connectivity index (χ0) is 25.4. The molecule has 0 N–H and O–H groups in total. The third-order valence-corrected chi connectivity index (χ3v) is 9.76. The Hall–Kier alpha value is -3.36. The normalized spacial score (nSPS) is 18.7. The van der Waals surface area contributed by atoms with Gasteiger partial charge in [-0.2, -0.15) is 0 Å². The van der Waals surface area contributed by atoms with E-state index in [0.717, 1.165) is 44.8 Å². The van der Waals surface area contributed by atoms with Crippen molar-refractivity contribution in [2.24, 2.45) is 0 Å². The average molecular weight is 499 g/mol. The molecule has 0 radical (unpaired) electrons. The quantitative estimate of drug-likeness (QED) is 0.285. The van der Waals surface area contributed by atoms with E-state index in [4.69, 9.17) is 9.47 Å². The molecule has 0 amide bonds. The second kappa shape index (κ2) is 8.58. The van der Waals surface area contributed by atoms with E-state index >= 15 is 0 Å². The SMILES string of the molecule is Cc1ccc(-c2cccc3c2CC(c2ccc4c(c2-c2ccc(C)c5c2OCC5)CCC4)C3)c2c1COC2. The molecule has 2 aliphatic carbocycles. The van der Waals surface area contributed by atoms with Gasteiger partial charge in [0.2, 0.25) is 0 Å². The molecule has 0 saturated carbocycles. The Bertz CT molecular complexity index is 1630. The van der Waals surface area contributed by atoms with Gasteiger partial charge in [-0.1, -0.05) is 54.6 Å². The fourth-order valence-corrected chi connectivity index (χ4v) is 7.80. The van der Waals surface area contributed by atoms with Crippen LogP contribution in [0, 0.1) is 13.8 Å². The first-order valence-corrected chi connectivity index (χ1v) is 14.4. The molecule has 0 bridgehead atoms. The van der Waals surface area contributed by atoms with Crippen LogP contribution in [-0.4, -0.2) is 6.61 Å². The maximum atomic E-state index is 6.32. The van der Waals surface area contributed by atoms with Crippen LogP contribution < -0.4 is 4.74 Å². The third kappa shape index (κ3) is 3.29. The molecule has 4 aromatic carbocycles. The Balaban J connectivity index is 1.26. The lowest BCUT2D eigenvalue weighted by Crippen LogP contribution is -2.05. The van der Waals surface area contributed by atoms with E-state index in [0.29, 0.717) is 5.92 Å². The molecule has 8 rings (SSSR count). The first-order valence-electron chi connectivity index (χ1n) is 14.4. The maximum Gasteiger partial charge on any atom is 0.130 e. The Kier molecular flexibility index (Phi) is 5.10. The molecule has 0 saturated heterocycles. The number of hydrogen-bond donors (Lipinski definition) is 0. The molecule has 1 atom stereocenters. The molecular formula is C36H34O2. The highest BCUT2D eigenvalue weighted by Gasteiger charge is 2.32. The summed E-state index contributed by atoms with van der Waals surface area (Å²) < 4.78 is 12.2. The first-order chi connectivity index (χ1) is 18.7. The summed E-state index contributed by atoms with van der Waals surface area (Å²) in [4.78, 5) is 0. The van der Waals surface area contributed by atoms with Crippen LogP contribution in [0.3, 0.4) is 0 Å². The summed E-state index contributed by atoms with van der Waals surface area (Å²) in [7, 11) is 0. The Morgan fingerprint density at radius 1 is 0.632 bits per heavy atom. The lowest BCUT2D eigenvalue weighted by molar-refractivity contribution is 0.134. The number of benzene rings is 4. The van der Waals surface area contributed by atoms with E-state index in [2.05, 4.69) is 68.4 Å². The van der Waals surface area contributed by atoms with E-state index in [9.17, 15) is 0 Å². The second-order valence-corrected chi connectivity index (χ2v) is 11.8. The summed E-state index contributed by atoms with van der Waals surface area (Å²) in [5.41, 5.74) is 20.2. The highest BCUT2D eigenvalue weighted by atomic mass is 16.5. The minimum absolute atomic E-state index is 0.486. The van der Waals surface area contributed by atoms with Gasteiger partial charge in [0.1, 0.15) is 5.75 Å². The summed E-state index contributed by atoms with van der Waals surface area (Å²) in [6.45, 7) is 6.72. The van der Waals surface area contributed by atoms with Crippen LogP contribution in [0.5, 0.6) is 5.75 Å². The van der Waals surface area contributed by atoms with Crippen molar-refractivity contribution in [2.75, 3.05) is 6.61 Å². The molecule has 0 aromatic heterocycles. The van der Waals surface area contributed by atoms with Gasteiger partial charge >= 0.3 is 0 Å². The zero-order valence-corrected chi connectivity index (χ0v) is 22.5. The van der Waals surface area contributed by atoms with Crippen molar-refractivity contribution in [3.8, 4) is 28.0 Å². The van der Waals surface area contributed by atoms with Gasteiger partial charge in [0.05, 0.1) is 19.8 Å². The van der Waals surface area contributed by atoms with Crippen molar-refractivity contribution in [2.45, 2.75) is 71.5 Å². The summed E-state index contributed by atoms with van der Waals surface area (Å²) in [5, 5.41) is 0. The van der Waals surface area contributed by atoms with Crippen LogP contribution in [0.2, 0.25) is 0 Å². The summed E-state index contributed by atoms with van der Waals surface area (Å²) in [6.07, 6.45) is 6.87. The number of hydrogen-bond acceptors (Lipinski definition) is 2. The van der Waals surface area contributed by atoms with Crippen LogP contribution in [0.1, 0.15) is 68.0 Å². The van der Waals surface area contributed by atoms with Crippen LogP contribution in [-0.2, 0) is 50.1 Å². The van der Waals surface area contributed by atoms with E-state index in [1.54, 1.807) is 11.1 Å². The second-order valence-electron chi connectivity index (χ2n) is 11.8. The monoisotopic (exact) mass is 498 g/mol. The molecule has 2 heteroatoms. The molecule has 1 unspecified atom stereocenters. The lowest BCUT2D eigenvalue weighted by atomic mass is 9.83. The number of rotatable bonds is 3. The van der Waals surface area contributed by atoms with Crippen LogP contribution in [0.4, 0.5) is 0 Å². The van der Waals surface area contributed by atoms with Gasteiger partial charge in [-0.3, -0.25) is 0 Å². The van der Waals surface area contributed by atoms with Gasteiger partial charge in [-0.05, 0) is 119 Å². The van der Waals surface area contributed by atoms with Gasteiger partial charge in [-0.25, -0.2) is 0 Å². The number of fused-ring (bicyclic) bond motifs is 4. The average Bonchev–Trinajstić information content (AvgIpc) is 3.74. The van der Waals surface area contributed by atoms with Gasteiger partial charge < -0.3 is 9.47 Å². The molecule has 4 aromatic rings. The van der Waals surface area contributed by atoms with Crippen LogP contribution in [0.25, 0.3) is 22.3 Å². The minimum atomic E-state index is 0.486. The Morgan fingerprint density at radius 2 is 1.45 bits per heavy atom. The molecule has 2 aliphatic heterocycles. The maximum absolute atomic E-state index is 6.32. The Labute approximate surface area is 225 Å². The Morgan fingerprint density at radius 3 is 2.37 bits per heavy atom. The van der Waals surface area contributed by atoms with Crippen LogP contribution in [0.15, 0.2) is 54.6 Å². The third-order valence-electron chi connectivity index (χ3n) is 9.76. The van der Waals surface area contributed by atoms with Crippen molar-refractivity contribution < 1.29 is 9.47 Å². The van der Waals surface area contributed by atoms with Crippen molar-refractivity contribution >= 4 is 0 Å². The summed E-state index contributed by atoms with van der Waals surface area (Å²) in [5.74, 6) is 1.64. The van der Waals surface area contributed by atoms with Crippen molar-refractivity contribution in [3.05, 3.63) is 110 Å². The van der Waals surface area contributed by atoms with Crippen LogP contribution >= 0.6 is 0 Å². The van der Waals surface area contributed by atoms with E-state index in [1.165, 1.54) is 86.0 Å². The predicted octanol–water partition coefficient (Wildman–Crippen LogP) is 7.97. The van der Waals surface area contributed by atoms with Crippen molar-refractivity contribution in [1.82, 2.24) is 0 Å². The number of ether oxygens (including phenoxy) is 2. The van der Waals surface area contributed by atoms with Gasteiger partial charge in [0.15, 0.2) is 0 Å². The molecule has 0 spiro atoms. The largest absolute Gasteiger partial charge is 0.492 e.